The zero-order valence-electron chi connectivity index (χ0n) is 10.9. The first-order valence-corrected chi connectivity index (χ1v) is 8.37. The number of nitrogens with one attached hydrogen (secondary N) is 1. The van der Waals surface area contributed by atoms with E-state index >= 15 is 0 Å². The van der Waals surface area contributed by atoms with Crippen LogP contribution in [0.5, 0.6) is 5.75 Å². The number of aromatic nitrogens is 3. The van der Waals surface area contributed by atoms with Crippen LogP contribution in [-0.4, -0.2) is 28.2 Å². The maximum Gasteiger partial charge on any atom is 0.216 e. The molecule has 0 atom stereocenters. The molecule has 8 heteroatoms. The summed E-state index contributed by atoms with van der Waals surface area (Å²) >= 11 is 9.65. The molecule has 106 valence electrons. The Morgan fingerprint density at radius 2 is 2.10 bits per heavy atom. The molecule has 1 aromatic carbocycles. The lowest BCUT2D eigenvalue weighted by atomic mass is 10.2. The Balaban J connectivity index is 2.37. The van der Waals surface area contributed by atoms with Gasteiger partial charge < -0.3 is 4.74 Å². The first-order chi connectivity index (χ1) is 9.56. The molecule has 2 aromatic rings. The van der Waals surface area contributed by atoms with Crippen LogP contribution in [0.25, 0.3) is 0 Å². The van der Waals surface area contributed by atoms with E-state index in [2.05, 4.69) is 60.5 Å². The molecule has 5 nitrogen and oxygen atoms in total. The van der Waals surface area contributed by atoms with Gasteiger partial charge in [0, 0.05) is 6.42 Å². The maximum atomic E-state index is 5.34. The lowest BCUT2D eigenvalue weighted by molar-refractivity contribution is 0.409. The SMILES string of the molecule is CCc1n[nH]c(=S)n1/N=C\c1cc(I)c(OC)c(I)c1. The smallest absolute Gasteiger partial charge is 0.216 e. The van der Waals surface area contributed by atoms with Gasteiger partial charge in [-0.25, -0.2) is 0 Å². The molecular formula is C12H12I2N4OS. The maximum absolute atomic E-state index is 5.34. The van der Waals surface area contributed by atoms with E-state index in [0.717, 1.165) is 30.7 Å². The first kappa shape index (κ1) is 15.9. The summed E-state index contributed by atoms with van der Waals surface area (Å²) in [5.41, 5.74) is 0.991. The fourth-order valence-electron chi connectivity index (χ4n) is 1.65. The van der Waals surface area contributed by atoms with E-state index in [4.69, 9.17) is 17.0 Å². The first-order valence-electron chi connectivity index (χ1n) is 5.80. The number of hydrogen-bond donors (Lipinski definition) is 1. The third-order valence-electron chi connectivity index (χ3n) is 2.58. The minimum absolute atomic E-state index is 0.496. The summed E-state index contributed by atoms with van der Waals surface area (Å²) in [6.07, 6.45) is 2.54. The van der Waals surface area contributed by atoms with Crippen molar-refractivity contribution in [2.24, 2.45) is 5.10 Å². The van der Waals surface area contributed by atoms with Crippen LogP contribution in [0.15, 0.2) is 17.2 Å². The monoisotopic (exact) mass is 514 g/mol. The number of hydrogen-bond acceptors (Lipinski definition) is 4. The highest BCUT2D eigenvalue weighted by atomic mass is 127. The van der Waals surface area contributed by atoms with Gasteiger partial charge >= 0.3 is 0 Å². The van der Waals surface area contributed by atoms with Gasteiger partial charge in [0.05, 0.1) is 20.5 Å². The summed E-state index contributed by atoms with van der Waals surface area (Å²) in [7, 11) is 1.67. The Hall–Kier alpha value is -0.490. The molecule has 0 aliphatic carbocycles. The normalized spacial score (nSPS) is 11.2. The zero-order chi connectivity index (χ0) is 14.7. The molecule has 1 heterocycles. The predicted molar refractivity (Wildman–Crippen MR) is 98.2 cm³/mol. The second-order valence-electron chi connectivity index (χ2n) is 3.87. The summed E-state index contributed by atoms with van der Waals surface area (Å²) in [5.74, 6) is 1.70. The number of halogens is 2. The van der Waals surface area contributed by atoms with Crippen LogP contribution in [0.2, 0.25) is 0 Å². The summed E-state index contributed by atoms with van der Waals surface area (Å²) in [4.78, 5) is 0. The highest BCUT2D eigenvalue weighted by molar-refractivity contribution is 14.1. The van der Waals surface area contributed by atoms with Gasteiger partial charge in [0.1, 0.15) is 5.75 Å². The molecule has 0 spiro atoms. The van der Waals surface area contributed by atoms with Gasteiger partial charge in [-0.1, -0.05) is 6.92 Å². The second kappa shape index (κ2) is 6.98. The van der Waals surface area contributed by atoms with E-state index in [9.17, 15) is 0 Å². The van der Waals surface area contributed by atoms with E-state index in [0.29, 0.717) is 4.77 Å². The molecule has 20 heavy (non-hydrogen) atoms. The van der Waals surface area contributed by atoms with Gasteiger partial charge in [0.15, 0.2) is 5.82 Å². The van der Waals surface area contributed by atoms with Crippen molar-refractivity contribution in [2.45, 2.75) is 13.3 Å². The predicted octanol–water partition coefficient (Wildman–Crippen LogP) is 3.60. The van der Waals surface area contributed by atoms with Gasteiger partial charge in [-0.05, 0) is 75.1 Å². The molecular weight excluding hydrogens is 502 g/mol. The van der Waals surface area contributed by atoms with Crippen molar-refractivity contribution in [1.29, 1.82) is 0 Å². The molecule has 2 rings (SSSR count). The lowest BCUT2D eigenvalue weighted by Crippen LogP contribution is -1.98. The quantitative estimate of drug-likeness (QED) is 0.386. The van der Waals surface area contributed by atoms with Crippen LogP contribution in [0.3, 0.4) is 0 Å². The van der Waals surface area contributed by atoms with Crippen LogP contribution < -0.4 is 4.74 Å². The number of benzene rings is 1. The third kappa shape index (κ3) is 3.39. The van der Waals surface area contributed by atoms with Gasteiger partial charge in [-0.3, -0.25) is 5.10 Å². The average Bonchev–Trinajstić information content (AvgIpc) is 2.76. The van der Waals surface area contributed by atoms with Crippen LogP contribution in [0, 0.1) is 11.9 Å². The van der Waals surface area contributed by atoms with Gasteiger partial charge in [-0.2, -0.15) is 14.9 Å². The molecule has 0 aliphatic heterocycles. The highest BCUT2D eigenvalue weighted by Gasteiger charge is 2.07. The molecule has 0 amide bonds. The van der Waals surface area contributed by atoms with Crippen molar-refractivity contribution < 1.29 is 4.74 Å². The fourth-order valence-corrected chi connectivity index (χ4v) is 4.10. The number of nitrogens with zero attached hydrogens (tertiary/aromatic N) is 3. The summed E-state index contributed by atoms with van der Waals surface area (Å²) in [6.45, 7) is 2.01. The van der Waals surface area contributed by atoms with E-state index in [-0.39, 0.29) is 0 Å². The number of H-pyrrole nitrogens is 1. The fraction of sp³-hybridized carbons (Fsp3) is 0.250. The average molecular weight is 514 g/mol. The standard InChI is InChI=1S/C12H12I2N4OS/c1-3-10-16-17-12(20)18(10)15-6-7-4-8(13)11(19-2)9(14)5-7/h4-6H,3H2,1-2H3,(H,17,20)/b15-6-. The molecule has 1 N–H and O–H groups in total. The molecule has 0 saturated carbocycles. The molecule has 0 radical (unpaired) electrons. The van der Waals surface area contributed by atoms with Crippen LogP contribution in [0.4, 0.5) is 0 Å². The molecule has 1 aromatic heterocycles. The molecule has 0 unspecified atom stereocenters. The summed E-state index contributed by atoms with van der Waals surface area (Å²) < 4.78 is 9.57. The van der Waals surface area contributed by atoms with Crippen molar-refractivity contribution in [3.63, 3.8) is 0 Å². The molecule has 0 bridgehead atoms. The second-order valence-corrected chi connectivity index (χ2v) is 6.58. The van der Waals surface area contributed by atoms with Crippen molar-refractivity contribution in [1.82, 2.24) is 14.9 Å². The Morgan fingerprint density at radius 3 is 2.65 bits per heavy atom. The van der Waals surface area contributed by atoms with Gasteiger partial charge in [0.2, 0.25) is 4.77 Å². The number of aromatic amines is 1. The number of rotatable bonds is 4. The number of ether oxygens (including phenoxy) is 1. The Morgan fingerprint density at radius 1 is 1.45 bits per heavy atom. The zero-order valence-corrected chi connectivity index (χ0v) is 16.0. The molecule has 0 fully saturated rings. The minimum Gasteiger partial charge on any atom is -0.495 e. The largest absolute Gasteiger partial charge is 0.495 e. The Labute approximate surface area is 149 Å². The van der Waals surface area contributed by atoms with Crippen LogP contribution >= 0.6 is 57.4 Å². The molecule has 0 saturated heterocycles. The number of methoxy groups -OCH3 is 1. The minimum atomic E-state index is 0.496. The summed E-state index contributed by atoms with van der Waals surface area (Å²) in [6, 6.07) is 4.03. The van der Waals surface area contributed by atoms with E-state index in [1.165, 1.54) is 0 Å². The van der Waals surface area contributed by atoms with Crippen LogP contribution in [-0.2, 0) is 6.42 Å². The van der Waals surface area contributed by atoms with Crippen LogP contribution in [0.1, 0.15) is 18.3 Å². The lowest BCUT2D eigenvalue weighted by Gasteiger charge is -2.07. The van der Waals surface area contributed by atoms with Gasteiger partial charge in [-0.15, -0.1) is 0 Å². The van der Waals surface area contributed by atoms with Crippen molar-refractivity contribution in [2.75, 3.05) is 7.11 Å². The topological polar surface area (TPSA) is 55.2 Å². The van der Waals surface area contributed by atoms with Crippen molar-refractivity contribution >= 4 is 63.6 Å². The Bertz CT molecular complexity index is 685. The molecule has 0 aliphatic rings. The van der Waals surface area contributed by atoms with E-state index in [1.54, 1.807) is 18.0 Å². The third-order valence-corrected chi connectivity index (χ3v) is 4.45. The van der Waals surface area contributed by atoms with Crippen molar-refractivity contribution in [3.05, 3.63) is 35.4 Å². The Kier molecular flexibility index (Phi) is 5.55. The van der Waals surface area contributed by atoms with Gasteiger partial charge in [0.25, 0.3) is 0 Å². The highest BCUT2D eigenvalue weighted by Crippen LogP contribution is 2.27. The number of aryl methyl sites for hydroxylation is 1. The van der Waals surface area contributed by atoms with Crippen molar-refractivity contribution in [3.8, 4) is 5.75 Å². The van der Waals surface area contributed by atoms with E-state index < -0.39 is 0 Å². The summed E-state index contributed by atoms with van der Waals surface area (Å²) in [5, 5.41) is 11.3. The van der Waals surface area contributed by atoms with E-state index in [1.807, 2.05) is 19.1 Å².